The van der Waals surface area contributed by atoms with Gasteiger partial charge in [0.05, 0.1) is 11.2 Å². The molecule has 0 bridgehead atoms. The van der Waals surface area contributed by atoms with Gasteiger partial charge in [0.1, 0.15) is 0 Å². The lowest BCUT2D eigenvalue weighted by atomic mass is 9.78. The summed E-state index contributed by atoms with van der Waals surface area (Å²) < 4.78 is 38.2. The van der Waals surface area contributed by atoms with E-state index in [1.807, 2.05) is 0 Å². The molecule has 106 valence electrons. The smallest absolute Gasteiger partial charge is 0.385 e. The van der Waals surface area contributed by atoms with Crippen molar-refractivity contribution in [2.45, 2.75) is 31.5 Å². The molecule has 1 fully saturated rings. The first-order valence-corrected chi connectivity index (χ1v) is 6.48. The fraction of sp³-hybridized carbons (Fsp3) is 0.571. The summed E-state index contributed by atoms with van der Waals surface area (Å²) in [6.07, 6.45) is -3.19. The van der Waals surface area contributed by atoms with E-state index in [-0.39, 0.29) is 5.92 Å². The molecule has 1 heterocycles. The van der Waals surface area contributed by atoms with E-state index in [9.17, 15) is 18.3 Å². The summed E-state index contributed by atoms with van der Waals surface area (Å²) in [5.74, 6) is -0.0408. The van der Waals surface area contributed by atoms with Gasteiger partial charge in [-0.05, 0) is 37.1 Å². The van der Waals surface area contributed by atoms with E-state index < -0.39 is 17.3 Å². The predicted octanol–water partition coefficient (Wildman–Crippen LogP) is 2.91. The van der Waals surface area contributed by atoms with Crippen molar-refractivity contribution in [1.82, 2.24) is 5.32 Å². The van der Waals surface area contributed by atoms with Crippen LogP contribution in [0, 0.1) is 5.92 Å². The van der Waals surface area contributed by atoms with Gasteiger partial charge in [0.2, 0.25) is 0 Å². The molecule has 1 saturated heterocycles. The highest BCUT2D eigenvalue weighted by atomic mass is 19.4. The van der Waals surface area contributed by atoms with Crippen molar-refractivity contribution in [2.75, 3.05) is 13.1 Å². The standard InChI is InChI=1S/C14H18F3NO/c1-2-13(19,12-6-7-18-9-12)10-4-3-5-11(8-10)14(15,16)17/h3-5,8,12,18-19H,2,6-7,9H2,1H3/t12-,13-/m0/s1. The summed E-state index contributed by atoms with van der Waals surface area (Å²) in [4.78, 5) is 0. The minimum absolute atomic E-state index is 0.0408. The Hall–Kier alpha value is -1.07. The van der Waals surface area contributed by atoms with Crippen molar-refractivity contribution < 1.29 is 18.3 Å². The van der Waals surface area contributed by atoms with Crippen molar-refractivity contribution in [3.05, 3.63) is 35.4 Å². The molecule has 5 heteroatoms. The fourth-order valence-electron chi connectivity index (χ4n) is 2.76. The lowest BCUT2D eigenvalue weighted by Gasteiger charge is -2.33. The molecule has 19 heavy (non-hydrogen) atoms. The second-order valence-corrected chi connectivity index (χ2v) is 5.05. The highest BCUT2D eigenvalue weighted by Gasteiger charge is 2.40. The quantitative estimate of drug-likeness (QED) is 0.887. The Morgan fingerprint density at radius 3 is 2.53 bits per heavy atom. The van der Waals surface area contributed by atoms with Gasteiger partial charge in [-0.3, -0.25) is 0 Å². The first-order chi connectivity index (χ1) is 8.88. The third-order valence-electron chi connectivity index (χ3n) is 3.96. The van der Waals surface area contributed by atoms with E-state index in [2.05, 4.69) is 5.32 Å². The van der Waals surface area contributed by atoms with Crippen LogP contribution in [0.3, 0.4) is 0 Å². The molecule has 0 aromatic heterocycles. The number of hydrogen-bond acceptors (Lipinski definition) is 2. The summed E-state index contributed by atoms with van der Waals surface area (Å²) in [7, 11) is 0. The largest absolute Gasteiger partial charge is 0.416 e. The molecule has 0 radical (unpaired) electrons. The maximum absolute atomic E-state index is 12.7. The van der Waals surface area contributed by atoms with E-state index in [0.29, 0.717) is 18.5 Å². The SMILES string of the molecule is CC[C@](O)(c1cccc(C(F)(F)F)c1)[C@H]1CCNC1. The Balaban J connectivity index is 2.38. The number of aliphatic hydroxyl groups is 1. The maximum atomic E-state index is 12.7. The Morgan fingerprint density at radius 2 is 2.00 bits per heavy atom. The molecule has 2 N–H and O–H groups in total. The van der Waals surface area contributed by atoms with Crippen LogP contribution in [0.4, 0.5) is 13.2 Å². The van der Waals surface area contributed by atoms with Crippen LogP contribution in [0.15, 0.2) is 24.3 Å². The second kappa shape index (κ2) is 5.13. The highest BCUT2D eigenvalue weighted by molar-refractivity contribution is 5.31. The van der Waals surface area contributed by atoms with Gasteiger partial charge in [-0.15, -0.1) is 0 Å². The summed E-state index contributed by atoms with van der Waals surface area (Å²) in [5, 5.41) is 13.9. The average molecular weight is 273 g/mol. The topological polar surface area (TPSA) is 32.3 Å². The zero-order chi connectivity index (χ0) is 14.1. The molecule has 0 aliphatic carbocycles. The number of halogens is 3. The molecule has 2 atom stereocenters. The van der Waals surface area contributed by atoms with Gasteiger partial charge in [0, 0.05) is 12.5 Å². The summed E-state index contributed by atoms with van der Waals surface area (Å²) in [6.45, 7) is 3.24. The van der Waals surface area contributed by atoms with Crippen LogP contribution in [0.1, 0.15) is 30.9 Å². The molecular formula is C14H18F3NO. The Morgan fingerprint density at radius 1 is 1.32 bits per heavy atom. The predicted molar refractivity (Wildman–Crippen MR) is 66.6 cm³/mol. The third kappa shape index (κ3) is 2.77. The second-order valence-electron chi connectivity index (χ2n) is 5.05. The van der Waals surface area contributed by atoms with Gasteiger partial charge in [-0.2, -0.15) is 13.2 Å². The molecule has 2 rings (SSSR count). The van der Waals surface area contributed by atoms with E-state index in [1.54, 1.807) is 13.0 Å². The highest BCUT2D eigenvalue weighted by Crippen LogP contribution is 2.39. The molecule has 1 aliphatic heterocycles. The van der Waals surface area contributed by atoms with Gasteiger partial charge in [-0.1, -0.05) is 19.1 Å². The molecule has 2 nitrogen and oxygen atoms in total. The van der Waals surface area contributed by atoms with Crippen LogP contribution in [0.5, 0.6) is 0 Å². The number of nitrogens with one attached hydrogen (secondary N) is 1. The molecule has 1 aromatic rings. The number of alkyl halides is 3. The lowest BCUT2D eigenvalue weighted by Crippen LogP contribution is -2.36. The molecule has 0 amide bonds. The van der Waals surface area contributed by atoms with Crippen molar-refractivity contribution in [1.29, 1.82) is 0 Å². The van der Waals surface area contributed by atoms with Crippen LogP contribution < -0.4 is 5.32 Å². The van der Waals surface area contributed by atoms with Crippen LogP contribution >= 0.6 is 0 Å². The lowest BCUT2D eigenvalue weighted by molar-refractivity contribution is -0.137. The van der Waals surface area contributed by atoms with Crippen molar-refractivity contribution in [3.63, 3.8) is 0 Å². The Bertz CT molecular complexity index is 441. The normalized spacial score (nSPS) is 23.3. The van der Waals surface area contributed by atoms with E-state index >= 15 is 0 Å². The van der Waals surface area contributed by atoms with Gasteiger partial charge in [-0.25, -0.2) is 0 Å². The van der Waals surface area contributed by atoms with Crippen molar-refractivity contribution >= 4 is 0 Å². The summed E-state index contributed by atoms with van der Waals surface area (Å²) in [6, 6.07) is 5.05. The Kier molecular flexibility index (Phi) is 3.87. The monoisotopic (exact) mass is 273 g/mol. The molecule has 1 aliphatic rings. The molecular weight excluding hydrogens is 255 g/mol. The molecule has 0 unspecified atom stereocenters. The van der Waals surface area contributed by atoms with Gasteiger partial charge >= 0.3 is 6.18 Å². The van der Waals surface area contributed by atoms with Crippen molar-refractivity contribution in [2.24, 2.45) is 5.92 Å². The minimum atomic E-state index is -4.38. The van der Waals surface area contributed by atoms with Crippen LogP contribution in [-0.2, 0) is 11.8 Å². The Labute approximate surface area is 110 Å². The zero-order valence-corrected chi connectivity index (χ0v) is 10.8. The average Bonchev–Trinajstić information content (AvgIpc) is 2.91. The fourth-order valence-corrected chi connectivity index (χ4v) is 2.76. The number of hydrogen-bond donors (Lipinski definition) is 2. The molecule has 0 spiro atoms. The maximum Gasteiger partial charge on any atom is 0.416 e. The first kappa shape index (κ1) is 14.3. The van der Waals surface area contributed by atoms with Crippen LogP contribution in [0.25, 0.3) is 0 Å². The van der Waals surface area contributed by atoms with Crippen LogP contribution in [0.2, 0.25) is 0 Å². The van der Waals surface area contributed by atoms with E-state index in [4.69, 9.17) is 0 Å². The third-order valence-corrected chi connectivity index (χ3v) is 3.96. The van der Waals surface area contributed by atoms with E-state index in [1.165, 1.54) is 6.07 Å². The number of rotatable bonds is 3. The van der Waals surface area contributed by atoms with Gasteiger partial charge in [0.15, 0.2) is 0 Å². The minimum Gasteiger partial charge on any atom is -0.385 e. The summed E-state index contributed by atoms with van der Waals surface area (Å²) in [5.41, 5.74) is -1.54. The van der Waals surface area contributed by atoms with Gasteiger partial charge in [0.25, 0.3) is 0 Å². The summed E-state index contributed by atoms with van der Waals surface area (Å²) >= 11 is 0. The van der Waals surface area contributed by atoms with Gasteiger partial charge < -0.3 is 10.4 Å². The van der Waals surface area contributed by atoms with Crippen molar-refractivity contribution in [3.8, 4) is 0 Å². The zero-order valence-electron chi connectivity index (χ0n) is 10.8. The first-order valence-electron chi connectivity index (χ1n) is 6.48. The van der Waals surface area contributed by atoms with E-state index in [0.717, 1.165) is 25.1 Å². The number of benzene rings is 1. The molecule has 0 saturated carbocycles. The molecule has 1 aromatic carbocycles. The van der Waals surface area contributed by atoms with Crippen LogP contribution in [-0.4, -0.2) is 18.2 Å².